The second-order valence-corrected chi connectivity index (χ2v) is 16.5. The standard InChI is InChI=1S/C58H43N/c1-4-5-24-50-48-28-15-19-32-54(48)58(52-30-17-13-26-46(52)47-27-14-18-31-53(47)58)56(50)59(43-33-34-49-45-25-12-16-29-51(45)57(2,3)55(49)38-43)44-36-41(39-20-8-6-9-21-39)35-42(37-44)40-22-10-7-11-23-40/h4-38H,1H2,2-3H3/b24-5-. The number of nitrogens with zero attached hydrogens (tertiary/aromatic N) is 1. The van der Waals surface area contributed by atoms with Crippen molar-refractivity contribution in [3.8, 4) is 44.5 Å². The summed E-state index contributed by atoms with van der Waals surface area (Å²) in [5.74, 6) is 0. The maximum atomic E-state index is 4.17. The Labute approximate surface area is 347 Å². The Balaban J connectivity index is 1.30. The second kappa shape index (κ2) is 13.4. The van der Waals surface area contributed by atoms with E-state index in [1.165, 1.54) is 89.2 Å². The summed E-state index contributed by atoms with van der Waals surface area (Å²) in [4.78, 5) is 2.61. The minimum absolute atomic E-state index is 0.183. The lowest BCUT2D eigenvalue weighted by atomic mass is 9.71. The van der Waals surface area contributed by atoms with Crippen LogP contribution in [0.1, 0.15) is 47.2 Å². The van der Waals surface area contributed by atoms with Gasteiger partial charge in [0.25, 0.3) is 0 Å². The highest BCUT2D eigenvalue weighted by Gasteiger charge is 2.55. The largest absolute Gasteiger partial charge is 0.312 e. The third-order valence-corrected chi connectivity index (χ3v) is 13.0. The summed E-state index contributed by atoms with van der Waals surface area (Å²) in [7, 11) is 0. The van der Waals surface area contributed by atoms with Gasteiger partial charge in [0.1, 0.15) is 0 Å². The Morgan fingerprint density at radius 2 is 0.864 bits per heavy atom. The van der Waals surface area contributed by atoms with Gasteiger partial charge < -0.3 is 4.90 Å². The van der Waals surface area contributed by atoms with E-state index in [4.69, 9.17) is 0 Å². The Morgan fingerprint density at radius 3 is 1.42 bits per heavy atom. The third-order valence-electron chi connectivity index (χ3n) is 13.0. The van der Waals surface area contributed by atoms with Crippen LogP contribution >= 0.6 is 0 Å². The minimum atomic E-state index is -0.627. The molecule has 0 amide bonds. The van der Waals surface area contributed by atoms with Crippen LogP contribution in [-0.4, -0.2) is 0 Å². The van der Waals surface area contributed by atoms with Gasteiger partial charge in [-0.15, -0.1) is 0 Å². The van der Waals surface area contributed by atoms with E-state index < -0.39 is 5.41 Å². The van der Waals surface area contributed by atoms with Gasteiger partial charge in [-0.25, -0.2) is 0 Å². The predicted molar refractivity (Wildman–Crippen MR) is 248 cm³/mol. The molecule has 280 valence electrons. The predicted octanol–water partition coefficient (Wildman–Crippen LogP) is 14.9. The van der Waals surface area contributed by atoms with Gasteiger partial charge in [0.05, 0.1) is 11.1 Å². The fraction of sp³-hybridized carbons (Fsp3) is 0.0690. The smallest absolute Gasteiger partial charge is 0.0881 e. The first kappa shape index (κ1) is 35.0. The molecule has 0 aromatic heterocycles. The first-order valence-corrected chi connectivity index (χ1v) is 20.6. The number of benzene rings is 8. The van der Waals surface area contributed by atoms with Crippen molar-refractivity contribution in [3.05, 3.63) is 258 Å². The summed E-state index contributed by atoms with van der Waals surface area (Å²) >= 11 is 0. The first-order valence-electron chi connectivity index (χ1n) is 20.6. The molecule has 8 aromatic carbocycles. The minimum Gasteiger partial charge on any atom is -0.312 e. The molecular formula is C58H43N. The van der Waals surface area contributed by atoms with E-state index in [1.807, 2.05) is 6.08 Å². The van der Waals surface area contributed by atoms with Gasteiger partial charge in [-0.2, -0.15) is 0 Å². The molecule has 0 N–H and O–H groups in total. The summed E-state index contributed by atoms with van der Waals surface area (Å²) in [5, 5.41) is 0. The molecule has 0 bridgehead atoms. The lowest BCUT2D eigenvalue weighted by Crippen LogP contribution is -2.36. The summed E-state index contributed by atoms with van der Waals surface area (Å²) in [6, 6.07) is 72.2. The Bertz CT molecular complexity index is 2930. The molecule has 3 aliphatic carbocycles. The van der Waals surface area contributed by atoms with Crippen LogP contribution < -0.4 is 4.90 Å². The van der Waals surface area contributed by atoms with E-state index in [2.05, 4.69) is 232 Å². The maximum Gasteiger partial charge on any atom is 0.0881 e. The quantitative estimate of drug-likeness (QED) is 0.147. The van der Waals surface area contributed by atoms with Crippen LogP contribution in [0.5, 0.6) is 0 Å². The highest BCUT2D eigenvalue weighted by molar-refractivity contribution is 6.01. The zero-order valence-corrected chi connectivity index (χ0v) is 33.4. The number of anilines is 2. The zero-order chi connectivity index (χ0) is 39.7. The molecule has 0 saturated heterocycles. The van der Waals surface area contributed by atoms with Crippen molar-refractivity contribution in [2.75, 3.05) is 4.90 Å². The van der Waals surface area contributed by atoms with Crippen molar-refractivity contribution in [1.82, 2.24) is 0 Å². The highest BCUT2D eigenvalue weighted by atomic mass is 15.2. The Hall–Kier alpha value is -7.22. The molecule has 0 fully saturated rings. The molecule has 1 spiro atoms. The van der Waals surface area contributed by atoms with Crippen LogP contribution in [0.2, 0.25) is 0 Å². The second-order valence-electron chi connectivity index (χ2n) is 16.5. The van der Waals surface area contributed by atoms with Crippen LogP contribution in [-0.2, 0) is 10.8 Å². The van der Waals surface area contributed by atoms with Crippen molar-refractivity contribution in [2.45, 2.75) is 24.7 Å². The van der Waals surface area contributed by atoms with Crippen LogP contribution in [0.3, 0.4) is 0 Å². The van der Waals surface area contributed by atoms with Crippen molar-refractivity contribution in [3.63, 3.8) is 0 Å². The molecule has 1 nitrogen and oxygen atoms in total. The molecule has 0 saturated carbocycles. The molecule has 3 aliphatic rings. The van der Waals surface area contributed by atoms with E-state index in [0.29, 0.717) is 0 Å². The summed E-state index contributed by atoms with van der Waals surface area (Å²) in [5.41, 5.74) is 21.5. The summed E-state index contributed by atoms with van der Waals surface area (Å²) in [6.07, 6.45) is 6.30. The Morgan fingerprint density at radius 1 is 0.407 bits per heavy atom. The average Bonchev–Trinajstić information content (AvgIpc) is 3.84. The van der Waals surface area contributed by atoms with Gasteiger partial charge in [0.2, 0.25) is 0 Å². The SMILES string of the molecule is C=C/C=C\C1=C(N(c2cc(-c3ccccc3)cc(-c3ccccc3)c2)c2ccc3c(c2)C(C)(C)c2ccccc2-3)C2(c3ccccc31)c1ccccc1-c1ccccc12. The van der Waals surface area contributed by atoms with Gasteiger partial charge in [-0.1, -0.05) is 202 Å². The van der Waals surface area contributed by atoms with Gasteiger partial charge in [-0.3, -0.25) is 0 Å². The van der Waals surface area contributed by atoms with Crippen molar-refractivity contribution in [2.24, 2.45) is 0 Å². The molecule has 0 atom stereocenters. The molecule has 0 unspecified atom stereocenters. The molecule has 59 heavy (non-hydrogen) atoms. The summed E-state index contributed by atoms with van der Waals surface area (Å²) < 4.78 is 0. The number of fused-ring (bicyclic) bond motifs is 10. The van der Waals surface area contributed by atoms with Crippen LogP contribution in [0.15, 0.2) is 225 Å². The molecule has 1 heteroatoms. The monoisotopic (exact) mass is 753 g/mol. The van der Waals surface area contributed by atoms with Crippen LogP contribution in [0, 0.1) is 0 Å². The normalized spacial score (nSPS) is 14.8. The highest BCUT2D eigenvalue weighted by Crippen LogP contribution is 2.64. The van der Waals surface area contributed by atoms with Gasteiger partial charge in [0.15, 0.2) is 0 Å². The van der Waals surface area contributed by atoms with E-state index in [-0.39, 0.29) is 5.41 Å². The van der Waals surface area contributed by atoms with Crippen LogP contribution in [0.4, 0.5) is 11.4 Å². The van der Waals surface area contributed by atoms with Gasteiger partial charge in [-0.05, 0) is 108 Å². The fourth-order valence-corrected chi connectivity index (χ4v) is 10.5. The van der Waals surface area contributed by atoms with E-state index in [0.717, 1.165) is 11.4 Å². The van der Waals surface area contributed by atoms with Crippen molar-refractivity contribution in [1.29, 1.82) is 0 Å². The van der Waals surface area contributed by atoms with Gasteiger partial charge in [0, 0.05) is 22.4 Å². The maximum absolute atomic E-state index is 4.17. The molecule has 11 rings (SSSR count). The van der Waals surface area contributed by atoms with Crippen molar-refractivity contribution < 1.29 is 0 Å². The average molecular weight is 754 g/mol. The topological polar surface area (TPSA) is 3.24 Å². The van der Waals surface area contributed by atoms with E-state index >= 15 is 0 Å². The van der Waals surface area contributed by atoms with Gasteiger partial charge >= 0.3 is 0 Å². The molecule has 0 radical (unpaired) electrons. The number of hydrogen-bond donors (Lipinski definition) is 0. The molecule has 0 heterocycles. The lowest BCUT2D eigenvalue weighted by molar-refractivity contribution is 0.660. The van der Waals surface area contributed by atoms with Crippen molar-refractivity contribution >= 4 is 16.9 Å². The number of hydrogen-bond acceptors (Lipinski definition) is 1. The van der Waals surface area contributed by atoms with Crippen LogP contribution in [0.25, 0.3) is 50.1 Å². The molecular weight excluding hydrogens is 711 g/mol. The first-order chi connectivity index (χ1) is 29.0. The summed E-state index contributed by atoms with van der Waals surface area (Å²) in [6.45, 7) is 8.92. The lowest BCUT2D eigenvalue weighted by Gasteiger charge is -2.40. The molecule has 8 aromatic rings. The number of allylic oxidation sites excluding steroid dienone is 5. The number of rotatable bonds is 7. The van der Waals surface area contributed by atoms with E-state index in [1.54, 1.807) is 0 Å². The van der Waals surface area contributed by atoms with E-state index in [9.17, 15) is 0 Å². The molecule has 0 aliphatic heterocycles. The fourth-order valence-electron chi connectivity index (χ4n) is 10.5. The zero-order valence-electron chi connectivity index (χ0n) is 33.4. The third kappa shape index (κ3) is 5.11. The Kier molecular flexibility index (Phi) is 7.97.